The highest BCUT2D eigenvalue weighted by Crippen LogP contribution is 2.30. The van der Waals surface area contributed by atoms with Crippen molar-refractivity contribution in [2.24, 2.45) is 5.92 Å². The minimum atomic E-state index is -0.793. The Bertz CT molecular complexity index is 1520. The first kappa shape index (κ1) is 26.0. The van der Waals surface area contributed by atoms with E-state index in [-0.39, 0.29) is 6.42 Å². The number of aliphatic carboxylic acids is 1. The fourth-order valence-corrected chi connectivity index (χ4v) is 4.49. The molecule has 0 aliphatic heterocycles. The third kappa shape index (κ3) is 6.43. The number of nitrogens with zero attached hydrogens (tertiary/aromatic N) is 6. The lowest BCUT2D eigenvalue weighted by atomic mass is 9.98. The Kier molecular flexibility index (Phi) is 7.86. The molecule has 0 fully saturated rings. The van der Waals surface area contributed by atoms with Crippen LogP contribution in [0.2, 0.25) is 0 Å². The summed E-state index contributed by atoms with van der Waals surface area (Å²) in [5.41, 5.74) is 6.11. The predicted molar refractivity (Wildman–Crippen MR) is 149 cm³/mol. The van der Waals surface area contributed by atoms with Crippen LogP contribution in [0.25, 0.3) is 33.9 Å². The molecule has 2 aromatic heterocycles. The van der Waals surface area contributed by atoms with Crippen LogP contribution in [0.3, 0.4) is 0 Å². The molecule has 198 valence electrons. The lowest BCUT2D eigenvalue weighted by molar-refractivity contribution is -0.136. The van der Waals surface area contributed by atoms with Gasteiger partial charge in [0.1, 0.15) is 0 Å². The number of benzene rings is 3. The first-order valence-electron chi connectivity index (χ1n) is 13.1. The molecule has 5 aromatic rings. The van der Waals surface area contributed by atoms with Gasteiger partial charge in [-0.05, 0) is 51.4 Å². The van der Waals surface area contributed by atoms with Crippen molar-refractivity contribution < 1.29 is 9.90 Å². The lowest BCUT2D eigenvalue weighted by Crippen LogP contribution is -2.05. The maximum absolute atomic E-state index is 10.9. The number of aryl methyl sites for hydroxylation is 2. The molecule has 9 heteroatoms. The Morgan fingerprint density at radius 3 is 2.26 bits per heavy atom. The van der Waals surface area contributed by atoms with Gasteiger partial charge in [-0.3, -0.25) is 4.79 Å². The average molecular weight is 522 g/mol. The molecule has 5 rings (SSSR count). The number of carboxylic acids is 1. The van der Waals surface area contributed by atoms with Gasteiger partial charge in [0.05, 0.1) is 6.54 Å². The van der Waals surface area contributed by atoms with Crippen molar-refractivity contribution in [2.75, 3.05) is 0 Å². The van der Waals surface area contributed by atoms with E-state index in [2.05, 4.69) is 64.8 Å². The van der Waals surface area contributed by atoms with Crippen LogP contribution in [0.4, 0.5) is 0 Å². The highest BCUT2D eigenvalue weighted by atomic mass is 16.4. The van der Waals surface area contributed by atoms with E-state index in [9.17, 15) is 4.79 Å². The van der Waals surface area contributed by atoms with Crippen molar-refractivity contribution >= 4 is 5.97 Å². The number of carbonyl (C=O) groups is 1. The lowest BCUT2D eigenvalue weighted by Gasteiger charge is -2.10. The summed E-state index contributed by atoms with van der Waals surface area (Å²) in [7, 11) is 0. The van der Waals surface area contributed by atoms with Crippen molar-refractivity contribution in [3.63, 3.8) is 0 Å². The number of hydrogen-bond acceptors (Lipinski definition) is 6. The van der Waals surface area contributed by atoms with Crippen LogP contribution in [0, 0.1) is 5.92 Å². The van der Waals surface area contributed by atoms with Crippen molar-refractivity contribution in [3.05, 3.63) is 89.7 Å². The molecule has 0 unspecified atom stereocenters. The summed E-state index contributed by atoms with van der Waals surface area (Å²) in [4.78, 5) is 15.8. The zero-order valence-electron chi connectivity index (χ0n) is 22.1. The normalized spacial score (nSPS) is 11.3. The number of hydrogen-bond donors (Lipinski definition) is 2. The molecule has 3 aromatic carbocycles. The summed E-state index contributed by atoms with van der Waals surface area (Å²) >= 11 is 0. The number of carboxylic acid groups (broad SMARTS) is 1. The summed E-state index contributed by atoms with van der Waals surface area (Å²) in [5.74, 6) is 2.05. The van der Waals surface area contributed by atoms with Gasteiger partial charge in [0.2, 0.25) is 0 Å². The van der Waals surface area contributed by atoms with Gasteiger partial charge in [0.25, 0.3) is 0 Å². The minimum absolute atomic E-state index is 0.116. The van der Waals surface area contributed by atoms with Crippen molar-refractivity contribution in [1.29, 1.82) is 0 Å². The fraction of sp³-hybridized carbons (Fsp3) is 0.267. The zero-order chi connectivity index (χ0) is 27.2. The van der Waals surface area contributed by atoms with Gasteiger partial charge >= 0.3 is 5.97 Å². The molecule has 0 saturated carbocycles. The second kappa shape index (κ2) is 11.8. The maximum atomic E-state index is 10.9. The molecule has 9 nitrogen and oxygen atoms in total. The van der Waals surface area contributed by atoms with Crippen LogP contribution in [-0.2, 0) is 24.2 Å². The van der Waals surface area contributed by atoms with E-state index in [0.717, 1.165) is 57.9 Å². The second-order valence-corrected chi connectivity index (χ2v) is 10.0. The SMILES string of the molecule is CC(C)CCc1nc(-c2ccc(CCC(=O)O)cc2)n(Cc2ccc(-c3ccccc3-c3nnn[nH]3)cc2)n1. The van der Waals surface area contributed by atoms with Crippen molar-refractivity contribution in [2.45, 2.75) is 46.1 Å². The van der Waals surface area contributed by atoms with Gasteiger partial charge in [-0.15, -0.1) is 5.10 Å². The molecule has 0 aliphatic rings. The summed E-state index contributed by atoms with van der Waals surface area (Å²) in [5, 5.41) is 28.2. The summed E-state index contributed by atoms with van der Waals surface area (Å²) < 4.78 is 1.96. The average Bonchev–Trinajstić information content (AvgIpc) is 3.62. The first-order valence-corrected chi connectivity index (χ1v) is 13.1. The number of aromatic nitrogens is 7. The quantitative estimate of drug-likeness (QED) is 0.237. The number of tetrazole rings is 1. The van der Waals surface area contributed by atoms with Crippen LogP contribution >= 0.6 is 0 Å². The van der Waals surface area contributed by atoms with E-state index in [1.807, 2.05) is 47.1 Å². The molecule has 0 spiro atoms. The van der Waals surface area contributed by atoms with Gasteiger partial charge < -0.3 is 5.11 Å². The number of nitrogens with one attached hydrogen (secondary N) is 1. The van der Waals surface area contributed by atoms with E-state index in [1.165, 1.54) is 0 Å². The number of rotatable bonds is 11. The van der Waals surface area contributed by atoms with Crippen LogP contribution in [0.5, 0.6) is 0 Å². The Morgan fingerprint density at radius 2 is 1.59 bits per heavy atom. The topological polar surface area (TPSA) is 122 Å². The van der Waals surface area contributed by atoms with Crippen molar-refractivity contribution in [1.82, 2.24) is 35.4 Å². The van der Waals surface area contributed by atoms with Crippen LogP contribution in [0.1, 0.15) is 43.6 Å². The van der Waals surface area contributed by atoms with E-state index < -0.39 is 5.97 Å². The summed E-state index contributed by atoms with van der Waals surface area (Å²) in [6, 6.07) is 24.4. The molecule has 0 bridgehead atoms. The van der Waals surface area contributed by atoms with Gasteiger partial charge in [-0.2, -0.15) is 5.10 Å². The van der Waals surface area contributed by atoms with Crippen LogP contribution < -0.4 is 0 Å². The third-order valence-electron chi connectivity index (χ3n) is 6.63. The van der Waals surface area contributed by atoms with Crippen LogP contribution in [-0.4, -0.2) is 46.5 Å². The smallest absolute Gasteiger partial charge is 0.303 e. The molecule has 2 N–H and O–H groups in total. The molecule has 0 atom stereocenters. The first-order chi connectivity index (χ1) is 19.0. The molecule has 2 heterocycles. The Balaban J connectivity index is 1.40. The predicted octanol–water partition coefficient (Wildman–Crippen LogP) is 5.45. The molecule has 0 aliphatic carbocycles. The van der Waals surface area contributed by atoms with Gasteiger partial charge in [-0.25, -0.2) is 14.8 Å². The van der Waals surface area contributed by atoms with E-state index in [1.54, 1.807) is 0 Å². The fourth-order valence-electron chi connectivity index (χ4n) is 4.49. The third-order valence-corrected chi connectivity index (χ3v) is 6.63. The molecule has 0 amide bonds. The number of aromatic amines is 1. The van der Waals surface area contributed by atoms with Gasteiger partial charge in [-0.1, -0.05) is 86.6 Å². The molecular formula is C30H31N7O2. The molecule has 0 saturated heterocycles. The summed E-state index contributed by atoms with van der Waals surface area (Å²) in [6.07, 6.45) is 2.46. The zero-order valence-corrected chi connectivity index (χ0v) is 22.1. The van der Waals surface area contributed by atoms with E-state index in [4.69, 9.17) is 15.2 Å². The van der Waals surface area contributed by atoms with Crippen molar-refractivity contribution in [3.8, 4) is 33.9 Å². The maximum Gasteiger partial charge on any atom is 0.303 e. The Morgan fingerprint density at radius 1 is 0.897 bits per heavy atom. The van der Waals surface area contributed by atoms with E-state index in [0.29, 0.717) is 24.7 Å². The van der Waals surface area contributed by atoms with Gasteiger partial charge in [0.15, 0.2) is 17.5 Å². The Hall–Kier alpha value is -4.66. The highest BCUT2D eigenvalue weighted by molar-refractivity contribution is 5.80. The molecule has 0 radical (unpaired) electrons. The minimum Gasteiger partial charge on any atom is -0.481 e. The Labute approximate surface area is 227 Å². The van der Waals surface area contributed by atoms with Crippen LogP contribution in [0.15, 0.2) is 72.8 Å². The molecule has 39 heavy (non-hydrogen) atoms. The van der Waals surface area contributed by atoms with Gasteiger partial charge in [0, 0.05) is 24.0 Å². The largest absolute Gasteiger partial charge is 0.481 e. The monoisotopic (exact) mass is 521 g/mol. The number of H-pyrrole nitrogens is 1. The molecular weight excluding hydrogens is 490 g/mol. The standard InChI is InChI=1S/C30H31N7O2/c1-20(2)7-17-27-31-30(24-15-8-21(9-16-24)12-18-28(38)39)37(34-27)19-22-10-13-23(14-11-22)25-5-3-4-6-26(25)29-32-35-36-33-29/h3-6,8-11,13-16,20H,7,12,17-19H2,1-2H3,(H,38,39)(H,32,33,35,36). The highest BCUT2D eigenvalue weighted by Gasteiger charge is 2.15. The summed E-state index contributed by atoms with van der Waals surface area (Å²) in [6.45, 7) is 4.98. The second-order valence-electron chi connectivity index (χ2n) is 10.0. The van der Waals surface area contributed by atoms with E-state index >= 15 is 0 Å².